The van der Waals surface area contributed by atoms with Crippen LogP contribution in [0.1, 0.15) is 5.56 Å². The average Bonchev–Trinajstić information content (AvgIpc) is 2.69. The van der Waals surface area contributed by atoms with Crippen molar-refractivity contribution in [2.45, 2.75) is 6.18 Å². The predicted molar refractivity (Wildman–Crippen MR) is 106 cm³/mol. The summed E-state index contributed by atoms with van der Waals surface area (Å²) in [6, 6.07) is 30.0. The molecule has 4 aromatic rings. The second-order valence-corrected chi connectivity index (χ2v) is 8.79. The van der Waals surface area contributed by atoms with E-state index in [1.807, 2.05) is 36.4 Å². The molecule has 0 atom stereocenters. The SMILES string of the molecule is FC(F)(F)c1ccc([Si](c2ccccc2)c2cccc3ccccc23)cc1. The van der Waals surface area contributed by atoms with Gasteiger partial charge < -0.3 is 0 Å². The Hall–Kier alpha value is -2.85. The van der Waals surface area contributed by atoms with E-state index in [4.69, 9.17) is 0 Å². The van der Waals surface area contributed by atoms with Crippen molar-refractivity contribution < 1.29 is 13.2 Å². The maximum Gasteiger partial charge on any atom is 0.416 e. The van der Waals surface area contributed by atoms with Crippen LogP contribution in [0.25, 0.3) is 10.8 Å². The second kappa shape index (κ2) is 7.04. The van der Waals surface area contributed by atoms with Gasteiger partial charge in [-0.05, 0) is 16.0 Å². The first kappa shape index (κ1) is 17.6. The van der Waals surface area contributed by atoms with Crippen LogP contribution in [0.4, 0.5) is 13.2 Å². The number of rotatable bonds is 3. The highest BCUT2D eigenvalue weighted by atomic mass is 28.3. The van der Waals surface area contributed by atoms with Crippen molar-refractivity contribution in [2.24, 2.45) is 0 Å². The summed E-state index contributed by atoms with van der Waals surface area (Å²) >= 11 is 0. The fourth-order valence-corrected chi connectivity index (χ4v) is 6.09. The van der Waals surface area contributed by atoms with Crippen molar-refractivity contribution in [1.29, 1.82) is 0 Å². The van der Waals surface area contributed by atoms with E-state index in [2.05, 4.69) is 36.4 Å². The summed E-state index contributed by atoms with van der Waals surface area (Å²) in [4.78, 5) is 0. The lowest BCUT2D eigenvalue weighted by Gasteiger charge is -2.19. The topological polar surface area (TPSA) is 0 Å². The van der Waals surface area contributed by atoms with Crippen molar-refractivity contribution in [1.82, 2.24) is 0 Å². The molecule has 0 heterocycles. The average molecular weight is 377 g/mol. The Bertz CT molecular complexity index is 1050. The van der Waals surface area contributed by atoms with Gasteiger partial charge in [0.25, 0.3) is 0 Å². The molecule has 0 bridgehead atoms. The van der Waals surface area contributed by atoms with Gasteiger partial charge in [-0.3, -0.25) is 0 Å². The molecular formula is C23H16F3Si. The van der Waals surface area contributed by atoms with Gasteiger partial charge in [0, 0.05) is 0 Å². The lowest BCUT2D eigenvalue weighted by molar-refractivity contribution is -0.137. The normalized spacial score (nSPS) is 11.9. The fourth-order valence-electron chi connectivity index (χ4n) is 3.35. The second-order valence-electron chi connectivity index (χ2n) is 6.34. The van der Waals surface area contributed by atoms with Crippen molar-refractivity contribution in [3.05, 3.63) is 103 Å². The third-order valence-electron chi connectivity index (χ3n) is 4.62. The number of hydrogen-bond donors (Lipinski definition) is 0. The van der Waals surface area contributed by atoms with Gasteiger partial charge in [-0.1, -0.05) is 107 Å². The summed E-state index contributed by atoms with van der Waals surface area (Å²) in [5, 5.41) is 5.57. The first-order chi connectivity index (χ1) is 13.0. The lowest BCUT2D eigenvalue weighted by atomic mass is 10.1. The van der Waals surface area contributed by atoms with Crippen LogP contribution in [0.3, 0.4) is 0 Å². The minimum absolute atomic E-state index is 0.612. The van der Waals surface area contributed by atoms with E-state index in [1.165, 1.54) is 17.3 Å². The van der Waals surface area contributed by atoms with Crippen molar-refractivity contribution in [2.75, 3.05) is 0 Å². The molecule has 0 aliphatic carbocycles. The smallest absolute Gasteiger partial charge is 0.166 e. The van der Waals surface area contributed by atoms with Gasteiger partial charge in [-0.15, -0.1) is 0 Å². The van der Waals surface area contributed by atoms with Crippen LogP contribution in [0.15, 0.2) is 97.1 Å². The molecule has 0 nitrogen and oxygen atoms in total. The maximum absolute atomic E-state index is 13.0. The summed E-state index contributed by atoms with van der Waals surface area (Å²) in [6.45, 7) is 0. The lowest BCUT2D eigenvalue weighted by Crippen LogP contribution is -2.52. The van der Waals surface area contributed by atoms with Gasteiger partial charge in [0.1, 0.15) is 0 Å². The summed E-state index contributed by atoms with van der Waals surface area (Å²) in [6.07, 6.45) is -4.32. The van der Waals surface area contributed by atoms with E-state index in [0.29, 0.717) is 0 Å². The molecular weight excluding hydrogens is 361 g/mol. The molecule has 0 spiro atoms. The largest absolute Gasteiger partial charge is 0.416 e. The molecule has 0 saturated carbocycles. The van der Waals surface area contributed by atoms with Gasteiger partial charge >= 0.3 is 6.18 Å². The third kappa shape index (κ3) is 3.53. The molecule has 4 rings (SSSR count). The van der Waals surface area contributed by atoms with Crippen molar-refractivity contribution in [3.8, 4) is 0 Å². The molecule has 0 aliphatic rings. The monoisotopic (exact) mass is 377 g/mol. The van der Waals surface area contributed by atoms with Crippen LogP contribution in [-0.4, -0.2) is 8.80 Å². The Morgan fingerprint density at radius 2 is 1.15 bits per heavy atom. The molecule has 0 aromatic heterocycles. The van der Waals surface area contributed by atoms with Crippen LogP contribution < -0.4 is 15.6 Å². The van der Waals surface area contributed by atoms with Crippen molar-refractivity contribution in [3.63, 3.8) is 0 Å². The van der Waals surface area contributed by atoms with Crippen LogP contribution >= 0.6 is 0 Å². The maximum atomic E-state index is 13.0. The Kier molecular flexibility index (Phi) is 4.58. The molecule has 0 fully saturated rings. The Balaban J connectivity index is 1.91. The highest BCUT2D eigenvalue weighted by molar-refractivity contribution is 6.96. The van der Waals surface area contributed by atoms with E-state index in [1.54, 1.807) is 12.1 Å². The van der Waals surface area contributed by atoms with E-state index < -0.39 is 20.5 Å². The number of hydrogen-bond acceptors (Lipinski definition) is 0. The van der Waals surface area contributed by atoms with Gasteiger partial charge in [0.2, 0.25) is 0 Å². The van der Waals surface area contributed by atoms with Crippen molar-refractivity contribution >= 4 is 35.1 Å². The molecule has 1 radical (unpaired) electrons. The Morgan fingerprint density at radius 3 is 1.85 bits per heavy atom. The first-order valence-corrected chi connectivity index (χ1v) is 10.1. The molecule has 0 saturated heterocycles. The highest BCUT2D eigenvalue weighted by Gasteiger charge is 2.31. The minimum Gasteiger partial charge on any atom is -0.166 e. The zero-order chi connectivity index (χ0) is 18.9. The molecule has 4 heteroatoms. The van der Waals surface area contributed by atoms with Gasteiger partial charge in [-0.25, -0.2) is 0 Å². The fraction of sp³-hybridized carbons (Fsp3) is 0.0435. The van der Waals surface area contributed by atoms with E-state index in [-0.39, 0.29) is 0 Å². The molecule has 133 valence electrons. The predicted octanol–water partition coefficient (Wildman–Crippen LogP) is 4.37. The van der Waals surface area contributed by atoms with E-state index >= 15 is 0 Å². The van der Waals surface area contributed by atoms with Crippen LogP contribution in [0, 0.1) is 0 Å². The molecule has 0 N–H and O–H groups in total. The number of alkyl halides is 3. The summed E-state index contributed by atoms with van der Waals surface area (Å²) in [5.74, 6) is 0. The summed E-state index contributed by atoms with van der Waals surface area (Å²) in [5.41, 5.74) is -0.612. The van der Waals surface area contributed by atoms with Crippen LogP contribution in [-0.2, 0) is 6.18 Å². The van der Waals surface area contributed by atoms with Crippen LogP contribution in [0.5, 0.6) is 0 Å². The number of halogens is 3. The molecule has 0 amide bonds. The molecule has 0 unspecified atom stereocenters. The molecule has 0 aliphatic heterocycles. The zero-order valence-electron chi connectivity index (χ0n) is 14.4. The summed E-state index contributed by atoms with van der Waals surface area (Å²) in [7, 11) is -1.43. The molecule has 27 heavy (non-hydrogen) atoms. The van der Waals surface area contributed by atoms with Gasteiger partial charge in [0.05, 0.1) is 5.56 Å². The highest BCUT2D eigenvalue weighted by Crippen LogP contribution is 2.28. The number of fused-ring (bicyclic) bond motifs is 1. The van der Waals surface area contributed by atoms with Crippen LogP contribution in [0.2, 0.25) is 0 Å². The van der Waals surface area contributed by atoms with E-state index in [0.717, 1.165) is 21.1 Å². The third-order valence-corrected chi connectivity index (χ3v) is 7.42. The van der Waals surface area contributed by atoms with Gasteiger partial charge in [-0.2, -0.15) is 13.2 Å². The Morgan fingerprint density at radius 1 is 0.556 bits per heavy atom. The standard InChI is InChI=1S/C23H16F3Si/c24-23(25,26)18-13-15-20(16-14-18)27(19-9-2-1-3-10-19)22-12-6-8-17-7-4-5-11-21(17)22/h1-16H. The quantitative estimate of drug-likeness (QED) is 0.367. The van der Waals surface area contributed by atoms with E-state index in [9.17, 15) is 13.2 Å². The zero-order valence-corrected chi connectivity index (χ0v) is 15.4. The minimum atomic E-state index is -4.32. The van der Waals surface area contributed by atoms with Gasteiger partial charge in [0.15, 0.2) is 8.80 Å². The summed E-state index contributed by atoms with van der Waals surface area (Å²) < 4.78 is 38.9. The molecule has 4 aromatic carbocycles. The number of benzene rings is 4. The Labute approximate surface area is 157 Å². The first-order valence-electron chi connectivity index (χ1n) is 8.62.